The third-order valence-corrected chi connectivity index (χ3v) is 0.524. The molecule has 0 bridgehead atoms. The standard InChI is InChI=1S/C2N2O2S.C2H4O2/c3-1-5-7-6-2-4;1-4-2-3/h;2H,1H3. The Bertz CT molecular complexity index is 146. The highest BCUT2D eigenvalue weighted by atomic mass is 32.2. The van der Waals surface area contributed by atoms with Gasteiger partial charge in [0.25, 0.3) is 6.47 Å². The number of rotatable bonds is 3. The SMILES string of the molecule is COC=O.N#COSOC#N. The molecule has 0 atom stereocenters. The maximum Gasteiger partial charge on any atom is 0.316 e. The first-order valence-corrected chi connectivity index (χ1v) is 2.74. The molecule has 0 aliphatic carbocycles. The van der Waals surface area contributed by atoms with Crippen LogP contribution >= 0.6 is 12.3 Å². The summed E-state index contributed by atoms with van der Waals surface area (Å²) in [5.41, 5.74) is 0. The summed E-state index contributed by atoms with van der Waals surface area (Å²) < 4.78 is 11.6. The second-order valence-corrected chi connectivity index (χ2v) is 1.22. The van der Waals surface area contributed by atoms with E-state index < -0.39 is 0 Å². The fourth-order valence-electron chi connectivity index (χ4n) is 0.0474. The Balaban J connectivity index is 0. The van der Waals surface area contributed by atoms with Gasteiger partial charge in [-0.1, -0.05) is 0 Å². The van der Waals surface area contributed by atoms with Crippen molar-refractivity contribution in [2.75, 3.05) is 7.11 Å². The van der Waals surface area contributed by atoms with Crippen LogP contribution in [0.1, 0.15) is 0 Å². The van der Waals surface area contributed by atoms with E-state index in [0.29, 0.717) is 18.8 Å². The third-order valence-electron chi connectivity index (χ3n) is 0.239. The second kappa shape index (κ2) is 15.8. The Hall–Kier alpha value is -1.60. The molecule has 7 heteroatoms. The van der Waals surface area contributed by atoms with Gasteiger partial charge in [-0.05, 0) is 0 Å². The molecule has 0 radical (unpaired) electrons. The van der Waals surface area contributed by atoms with Crippen molar-refractivity contribution in [3.63, 3.8) is 0 Å². The van der Waals surface area contributed by atoms with Crippen LogP contribution in [0.3, 0.4) is 0 Å². The summed E-state index contributed by atoms with van der Waals surface area (Å²) in [6.07, 6.45) is 2.58. The minimum absolute atomic E-state index is 0.331. The summed E-state index contributed by atoms with van der Waals surface area (Å²) >= 11 is 0.331. The van der Waals surface area contributed by atoms with Crippen LogP contribution in [0, 0.1) is 23.0 Å². The molecule has 0 aliphatic rings. The van der Waals surface area contributed by atoms with E-state index in [1.807, 2.05) is 0 Å². The molecule has 0 rings (SSSR count). The minimum atomic E-state index is 0.331. The van der Waals surface area contributed by atoms with Crippen LogP contribution in [-0.2, 0) is 17.9 Å². The van der Waals surface area contributed by atoms with Crippen molar-refractivity contribution in [3.05, 3.63) is 0 Å². The van der Waals surface area contributed by atoms with Crippen LogP contribution in [0.2, 0.25) is 0 Å². The van der Waals surface area contributed by atoms with Gasteiger partial charge in [-0.2, -0.15) is 0 Å². The predicted octanol–water partition coefficient (Wildman–Crippen LogP) is 0.334. The first kappa shape index (κ1) is 12.1. The predicted molar refractivity (Wildman–Crippen MR) is 34.1 cm³/mol. The van der Waals surface area contributed by atoms with Gasteiger partial charge in [-0.25, -0.2) is 0 Å². The van der Waals surface area contributed by atoms with Gasteiger partial charge in [0.2, 0.25) is 0 Å². The lowest BCUT2D eigenvalue weighted by atomic mass is 11.5. The van der Waals surface area contributed by atoms with Gasteiger partial charge in [0.05, 0.1) is 7.11 Å². The third kappa shape index (κ3) is 29.8. The molecule has 0 unspecified atom stereocenters. The van der Waals surface area contributed by atoms with E-state index in [1.165, 1.54) is 19.6 Å². The zero-order chi connectivity index (χ0) is 8.95. The molecule has 11 heavy (non-hydrogen) atoms. The van der Waals surface area contributed by atoms with Crippen molar-refractivity contribution in [3.8, 4) is 12.5 Å². The van der Waals surface area contributed by atoms with E-state index in [1.54, 1.807) is 0 Å². The van der Waals surface area contributed by atoms with Crippen LogP contribution in [0.25, 0.3) is 0 Å². The molecule has 6 nitrogen and oxygen atoms in total. The van der Waals surface area contributed by atoms with E-state index in [-0.39, 0.29) is 0 Å². The fourth-order valence-corrected chi connectivity index (χ4v) is 0.142. The molecule has 0 spiro atoms. The summed E-state index contributed by atoms with van der Waals surface area (Å²) in [4.78, 5) is 8.95. The van der Waals surface area contributed by atoms with Crippen LogP contribution in [0.15, 0.2) is 0 Å². The maximum absolute atomic E-state index is 8.95. The van der Waals surface area contributed by atoms with Crippen molar-refractivity contribution in [1.82, 2.24) is 0 Å². The molecule has 60 valence electrons. The highest BCUT2D eigenvalue weighted by molar-refractivity contribution is 7.90. The van der Waals surface area contributed by atoms with Gasteiger partial charge >= 0.3 is 24.8 Å². The lowest BCUT2D eigenvalue weighted by Gasteiger charge is -1.79. The average Bonchev–Trinajstić information content (AvgIpc) is 2.06. The molecular weight excluding hydrogens is 172 g/mol. The number of nitrogens with zero attached hydrogens (tertiary/aromatic N) is 2. The summed E-state index contributed by atoms with van der Waals surface area (Å²) in [5.74, 6) is 0. The van der Waals surface area contributed by atoms with Crippen molar-refractivity contribution < 1.29 is 17.9 Å². The van der Waals surface area contributed by atoms with Gasteiger partial charge in [0.1, 0.15) is 0 Å². The summed E-state index contributed by atoms with van der Waals surface area (Å²) in [6, 6.07) is 0. The Morgan fingerprint density at radius 3 is 1.91 bits per heavy atom. The Kier molecular flexibility index (Phi) is 17.4. The van der Waals surface area contributed by atoms with Crippen molar-refractivity contribution in [1.29, 1.82) is 10.5 Å². The molecule has 0 aromatic rings. The molecule has 0 heterocycles. The van der Waals surface area contributed by atoms with Crippen LogP contribution < -0.4 is 0 Å². The summed E-state index contributed by atoms with van der Waals surface area (Å²) in [5, 5.41) is 15.2. The van der Waals surface area contributed by atoms with Gasteiger partial charge in [0, 0.05) is 0 Å². The van der Waals surface area contributed by atoms with Crippen LogP contribution in [0.5, 0.6) is 0 Å². The number of carbonyl (C=O) groups is 1. The molecule has 0 saturated heterocycles. The Morgan fingerprint density at radius 1 is 1.36 bits per heavy atom. The molecule has 0 aromatic heterocycles. The van der Waals surface area contributed by atoms with E-state index in [9.17, 15) is 0 Å². The Morgan fingerprint density at radius 2 is 1.73 bits per heavy atom. The normalized spacial score (nSPS) is 5.36. The quantitative estimate of drug-likeness (QED) is 0.265. The topological polar surface area (TPSA) is 92.3 Å². The van der Waals surface area contributed by atoms with E-state index in [4.69, 9.17) is 15.3 Å². The van der Waals surface area contributed by atoms with Gasteiger partial charge in [-0.3, -0.25) is 4.79 Å². The number of hydrogen-bond donors (Lipinski definition) is 0. The zero-order valence-corrected chi connectivity index (χ0v) is 6.33. The number of carbonyl (C=O) groups excluding carboxylic acids is 1. The number of hydrogen-bond acceptors (Lipinski definition) is 7. The molecule has 0 aromatic carbocycles. The average molecular weight is 176 g/mol. The maximum atomic E-state index is 8.95. The van der Waals surface area contributed by atoms with E-state index in [0.717, 1.165) is 0 Å². The molecule has 0 saturated carbocycles. The molecule has 0 amide bonds. The Labute approximate surface area is 67.7 Å². The van der Waals surface area contributed by atoms with E-state index >= 15 is 0 Å². The first-order valence-electron chi connectivity index (χ1n) is 2.07. The smallest absolute Gasteiger partial charge is 0.316 e. The van der Waals surface area contributed by atoms with Gasteiger partial charge in [0.15, 0.2) is 0 Å². The molecule has 0 N–H and O–H groups in total. The van der Waals surface area contributed by atoms with E-state index in [2.05, 4.69) is 13.1 Å². The molecule has 0 aliphatic heterocycles. The summed E-state index contributed by atoms with van der Waals surface area (Å²) in [7, 11) is 1.31. The molecular formula is C4H4N2O4S. The molecule has 0 fully saturated rings. The van der Waals surface area contributed by atoms with Crippen LogP contribution in [-0.4, -0.2) is 13.6 Å². The first-order chi connectivity index (χ1) is 5.33. The highest BCUT2D eigenvalue weighted by Gasteiger charge is 1.80. The van der Waals surface area contributed by atoms with Crippen molar-refractivity contribution >= 4 is 18.8 Å². The second-order valence-electron chi connectivity index (χ2n) is 0.749. The zero-order valence-electron chi connectivity index (χ0n) is 5.51. The summed E-state index contributed by atoms with van der Waals surface area (Å²) in [6.45, 7) is 0.375. The largest absolute Gasteiger partial charge is 0.471 e. The number of ether oxygens (including phenoxy) is 1. The van der Waals surface area contributed by atoms with Crippen molar-refractivity contribution in [2.24, 2.45) is 0 Å². The lowest BCUT2D eigenvalue weighted by molar-refractivity contribution is -0.126. The number of nitriles is 2. The highest BCUT2D eigenvalue weighted by Crippen LogP contribution is 1.98. The number of methoxy groups -OCH3 is 1. The van der Waals surface area contributed by atoms with Crippen LogP contribution in [0.4, 0.5) is 0 Å². The monoisotopic (exact) mass is 176 g/mol. The lowest BCUT2D eigenvalue weighted by Crippen LogP contribution is -1.68. The van der Waals surface area contributed by atoms with Crippen molar-refractivity contribution in [2.45, 2.75) is 0 Å². The van der Waals surface area contributed by atoms with Gasteiger partial charge in [-0.15, -0.1) is 10.5 Å². The minimum Gasteiger partial charge on any atom is -0.471 e. The van der Waals surface area contributed by atoms with Gasteiger partial charge < -0.3 is 13.1 Å². The fraction of sp³-hybridized carbons (Fsp3) is 0.250.